The van der Waals surface area contributed by atoms with Crippen molar-refractivity contribution in [1.82, 2.24) is 9.80 Å². The highest BCUT2D eigenvalue weighted by molar-refractivity contribution is 8.00. The molecule has 2 amide bonds. The number of amides is 2. The molecule has 0 aromatic heterocycles. The largest absolute Gasteiger partial charge is 0.342 e. The Labute approximate surface area is 151 Å². The quantitative estimate of drug-likeness (QED) is 0.734. The number of nitrogens with zero attached hydrogens (tertiary/aromatic N) is 2. The van der Waals surface area contributed by atoms with Crippen LogP contribution in [0.1, 0.15) is 59.8 Å². The first-order chi connectivity index (χ1) is 11.3. The molecule has 1 atom stereocenters. The zero-order chi connectivity index (χ0) is 17.7. The average Bonchev–Trinajstić information content (AvgIpc) is 2.53. The predicted octanol–water partition coefficient (Wildman–Crippen LogP) is 3.41. The van der Waals surface area contributed by atoms with Gasteiger partial charge in [-0.2, -0.15) is 0 Å². The molecule has 2 saturated heterocycles. The van der Waals surface area contributed by atoms with Gasteiger partial charge in [-0.3, -0.25) is 9.59 Å². The number of piperidine rings is 2. The fourth-order valence-corrected chi connectivity index (χ4v) is 4.46. The summed E-state index contributed by atoms with van der Waals surface area (Å²) in [5.41, 5.74) is 0.140. The molecule has 2 aliphatic rings. The fraction of sp³-hybridized carbons (Fsp3) is 0.895. The zero-order valence-corrected chi connectivity index (χ0v) is 16.7. The van der Waals surface area contributed by atoms with Crippen LogP contribution in [0.15, 0.2) is 0 Å². The lowest BCUT2D eigenvalue weighted by Gasteiger charge is -2.48. The van der Waals surface area contributed by atoms with Gasteiger partial charge in [0.2, 0.25) is 11.8 Å². The second-order valence-electron chi connectivity index (χ2n) is 8.28. The smallest absolute Gasteiger partial charge is 0.232 e. The summed E-state index contributed by atoms with van der Waals surface area (Å²) in [5, 5.41) is 0.492. The highest BCUT2D eigenvalue weighted by Gasteiger charge is 2.42. The summed E-state index contributed by atoms with van der Waals surface area (Å²) in [6.07, 6.45) is 4.89. The fourth-order valence-electron chi connectivity index (χ4n) is 3.80. The zero-order valence-electron chi connectivity index (χ0n) is 15.8. The predicted molar refractivity (Wildman–Crippen MR) is 101 cm³/mol. The van der Waals surface area contributed by atoms with Crippen molar-refractivity contribution in [3.05, 3.63) is 0 Å². The van der Waals surface area contributed by atoms with Crippen molar-refractivity contribution in [2.45, 2.75) is 65.0 Å². The van der Waals surface area contributed by atoms with Gasteiger partial charge in [-0.15, -0.1) is 11.8 Å². The lowest BCUT2D eigenvalue weighted by Crippen LogP contribution is -2.55. The molecule has 0 aromatic rings. The van der Waals surface area contributed by atoms with E-state index >= 15 is 0 Å². The Kier molecular flexibility index (Phi) is 7.02. The molecule has 5 heteroatoms. The van der Waals surface area contributed by atoms with Gasteiger partial charge < -0.3 is 9.80 Å². The highest BCUT2D eigenvalue weighted by atomic mass is 32.2. The molecule has 0 N–H and O–H groups in total. The minimum Gasteiger partial charge on any atom is -0.342 e. The summed E-state index contributed by atoms with van der Waals surface area (Å²) in [4.78, 5) is 28.9. The van der Waals surface area contributed by atoms with E-state index in [-0.39, 0.29) is 11.3 Å². The standard InChI is InChI=1S/C19H34N2O2S/c1-15(2)7-11-21-14-19(9-6-17(21)22)8-5-10-20(13-19)18(23)12-24-16(3)4/h15-16H,5-14H2,1-4H3/t19-/m1/s1. The molecule has 1 spiro atoms. The van der Waals surface area contributed by atoms with Crippen LogP contribution in [0.3, 0.4) is 0 Å². The van der Waals surface area contributed by atoms with E-state index in [1.165, 1.54) is 0 Å². The maximum atomic E-state index is 12.5. The van der Waals surface area contributed by atoms with Crippen molar-refractivity contribution < 1.29 is 9.59 Å². The van der Waals surface area contributed by atoms with E-state index in [0.29, 0.717) is 29.2 Å². The first-order valence-corrected chi connectivity index (χ1v) is 10.5. The molecule has 0 aliphatic carbocycles. The average molecular weight is 355 g/mol. The Balaban J connectivity index is 1.95. The molecular formula is C19H34N2O2S. The monoisotopic (exact) mass is 354 g/mol. The first kappa shape index (κ1) is 19.6. The Hall–Kier alpha value is -0.710. The van der Waals surface area contributed by atoms with E-state index in [9.17, 15) is 9.59 Å². The van der Waals surface area contributed by atoms with Crippen molar-refractivity contribution >= 4 is 23.6 Å². The summed E-state index contributed by atoms with van der Waals surface area (Å²) < 4.78 is 0. The van der Waals surface area contributed by atoms with E-state index in [2.05, 4.69) is 37.5 Å². The summed E-state index contributed by atoms with van der Waals surface area (Å²) in [6.45, 7) is 12.1. The Morgan fingerprint density at radius 3 is 2.62 bits per heavy atom. The summed E-state index contributed by atoms with van der Waals surface area (Å²) in [5.74, 6) is 1.79. The third-order valence-corrected chi connectivity index (χ3v) is 6.36. The van der Waals surface area contributed by atoms with Crippen LogP contribution in [-0.2, 0) is 9.59 Å². The van der Waals surface area contributed by atoms with Crippen LogP contribution >= 0.6 is 11.8 Å². The molecule has 0 aromatic carbocycles. The summed E-state index contributed by atoms with van der Waals surface area (Å²) >= 11 is 1.72. The van der Waals surface area contributed by atoms with Gasteiger partial charge in [0.05, 0.1) is 5.75 Å². The Morgan fingerprint density at radius 1 is 1.21 bits per heavy atom. The van der Waals surface area contributed by atoms with Gasteiger partial charge in [-0.1, -0.05) is 27.7 Å². The molecule has 0 radical (unpaired) electrons. The minimum atomic E-state index is 0.140. The van der Waals surface area contributed by atoms with Gasteiger partial charge in [0.15, 0.2) is 0 Å². The van der Waals surface area contributed by atoms with Gasteiger partial charge in [0.25, 0.3) is 0 Å². The van der Waals surface area contributed by atoms with E-state index in [0.717, 1.165) is 51.9 Å². The number of hydrogen-bond acceptors (Lipinski definition) is 3. The molecule has 138 valence electrons. The van der Waals surface area contributed by atoms with Crippen LogP contribution in [-0.4, -0.2) is 58.8 Å². The van der Waals surface area contributed by atoms with Crippen LogP contribution in [0.4, 0.5) is 0 Å². The molecule has 0 bridgehead atoms. The second kappa shape index (κ2) is 8.59. The third kappa shape index (κ3) is 5.40. The molecule has 0 saturated carbocycles. The Morgan fingerprint density at radius 2 is 1.96 bits per heavy atom. The number of rotatable bonds is 6. The minimum absolute atomic E-state index is 0.140. The van der Waals surface area contributed by atoms with Crippen molar-refractivity contribution in [2.75, 3.05) is 31.9 Å². The number of carbonyl (C=O) groups excluding carboxylic acids is 2. The molecule has 0 unspecified atom stereocenters. The molecule has 2 heterocycles. The SMILES string of the molecule is CC(C)CCN1C[C@]2(CCCN(C(=O)CSC(C)C)C2)CCC1=O. The first-order valence-electron chi connectivity index (χ1n) is 9.48. The van der Waals surface area contributed by atoms with Crippen LogP contribution in [0.2, 0.25) is 0 Å². The van der Waals surface area contributed by atoms with Gasteiger partial charge in [-0.05, 0) is 36.9 Å². The van der Waals surface area contributed by atoms with E-state index in [1.807, 2.05) is 0 Å². The topological polar surface area (TPSA) is 40.6 Å². The van der Waals surface area contributed by atoms with E-state index < -0.39 is 0 Å². The lowest BCUT2D eigenvalue weighted by molar-refractivity contribution is -0.142. The van der Waals surface area contributed by atoms with E-state index in [4.69, 9.17) is 0 Å². The molecule has 4 nitrogen and oxygen atoms in total. The molecule has 24 heavy (non-hydrogen) atoms. The number of carbonyl (C=O) groups is 2. The maximum Gasteiger partial charge on any atom is 0.232 e. The maximum absolute atomic E-state index is 12.5. The number of hydrogen-bond donors (Lipinski definition) is 0. The molecule has 2 aliphatic heterocycles. The van der Waals surface area contributed by atoms with Gasteiger partial charge in [0, 0.05) is 38.0 Å². The van der Waals surface area contributed by atoms with Crippen LogP contribution in [0.5, 0.6) is 0 Å². The van der Waals surface area contributed by atoms with Gasteiger partial charge in [0.1, 0.15) is 0 Å². The molecular weight excluding hydrogens is 320 g/mol. The lowest BCUT2D eigenvalue weighted by atomic mass is 9.73. The van der Waals surface area contributed by atoms with Crippen molar-refractivity contribution in [2.24, 2.45) is 11.3 Å². The van der Waals surface area contributed by atoms with E-state index in [1.54, 1.807) is 11.8 Å². The Bertz CT molecular complexity index is 453. The van der Waals surface area contributed by atoms with Crippen LogP contribution in [0, 0.1) is 11.3 Å². The second-order valence-corrected chi connectivity index (χ2v) is 9.84. The van der Waals surface area contributed by atoms with Gasteiger partial charge in [-0.25, -0.2) is 0 Å². The van der Waals surface area contributed by atoms with Crippen LogP contribution < -0.4 is 0 Å². The highest BCUT2D eigenvalue weighted by Crippen LogP contribution is 2.39. The van der Waals surface area contributed by atoms with Crippen molar-refractivity contribution in [1.29, 1.82) is 0 Å². The summed E-state index contributed by atoms with van der Waals surface area (Å²) in [7, 11) is 0. The van der Waals surface area contributed by atoms with Gasteiger partial charge >= 0.3 is 0 Å². The van der Waals surface area contributed by atoms with Crippen molar-refractivity contribution in [3.63, 3.8) is 0 Å². The number of thioether (sulfide) groups is 1. The van der Waals surface area contributed by atoms with Crippen LogP contribution in [0.25, 0.3) is 0 Å². The summed E-state index contributed by atoms with van der Waals surface area (Å²) in [6, 6.07) is 0. The van der Waals surface area contributed by atoms with Crippen molar-refractivity contribution in [3.8, 4) is 0 Å². The third-order valence-electron chi connectivity index (χ3n) is 5.28. The number of likely N-dealkylation sites (tertiary alicyclic amines) is 2. The molecule has 2 rings (SSSR count). The normalized spacial score (nSPS) is 25.2. The molecule has 2 fully saturated rings.